The van der Waals surface area contributed by atoms with Crippen LogP contribution in [0.4, 0.5) is 0 Å². The number of hydrogen-bond donors (Lipinski definition) is 2. The average molecular weight is 212 g/mol. The minimum Gasteiger partial charge on any atom is -0.409 e. The molecule has 0 aliphatic rings. The third-order valence-electron chi connectivity index (χ3n) is 1.98. The Morgan fingerprint density at radius 3 is 2.40 bits per heavy atom. The highest BCUT2D eigenvalue weighted by molar-refractivity contribution is 6.46. The average Bonchev–Trinajstić information content (AvgIpc) is 2.16. The van der Waals surface area contributed by atoms with Crippen LogP contribution in [0, 0.1) is 16.7 Å². The quantitative estimate of drug-likeness (QED) is 0.316. The number of amidine groups is 1. The van der Waals surface area contributed by atoms with Gasteiger partial charge in [0.05, 0.1) is 0 Å². The summed E-state index contributed by atoms with van der Waals surface area (Å²) < 4.78 is 0. The summed E-state index contributed by atoms with van der Waals surface area (Å²) in [6, 6.07) is 1.67. The largest absolute Gasteiger partial charge is 0.409 e. The SMILES string of the molecule is CC(ON=C(C#N)C(N)=NO)C(C)(C)C. The van der Waals surface area contributed by atoms with Crippen molar-refractivity contribution in [3.63, 3.8) is 0 Å². The summed E-state index contributed by atoms with van der Waals surface area (Å²) >= 11 is 0. The standard InChI is InChI=1S/C9H16N4O2/c1-6(9(2,3)4)15-13-7(5-10)8(11)12-14/h6,14H,1-4H3,(H2,11,12). The second kappa shape index (κ2) is 5.20. The lowest BCUT2D eigenvalue weighted by atomic mass is 9.90. The zero-order valence-corrected chi connectivity index (χ0v) is 9.35. The molecular formula is C9H16N4O2. The molecule has 1 atom stereocenters. The molecule has 1 unspecified atom stereocenters. The Bertz CT molecular complexity index is 309. The Labute approximate surface area is 89.0 Å². The lowest BCUT2D eigenvalue weighted by Gasteiger charge is -2.24. The van der Waals surface area contributed by atoms with Crippen molar-refractivity contribution in [2.45, 2.75) is 33.8 Å². The van der Waals surface area contributed by atoms with E-state index in [0.29, 0.717) is 0 Å². The highest BCUT2D eigenvalue weighted by Gasteiger charge is 2.22. The molecule has 0 bridgehead atoms. The van der Waals surface area contributed by atoms with E-state index in [1.807, 2.05) is 27.7 Å². The maximum atomic E-state index is 8.61. The molecule has 0 amide bonds. The van der Waals surface area contributed by atoms with Crippen LogP contribution in [0.15, 0.2) is 10.3 Å². The first kappa shape index (κ1) is 13.2. The van der Waals surface area contributed by atoms with Crippen LogP contribution in [0.1, 0.15) is 27.7 Å². The summed E-state index contributed by atoms with van der Waals surface area (Å²) in [4.78, 5) is 5.08. The normalized spacial score (nSPS) is 15.7. The minimum absolute atomic E-state index is 0.102. The van der Waals surface area contributed by atoms with Gasteiger partial charge < -0.3 is 15.8 Å². The first-order chi connectivity index (χ1) is 6.82. The fourth-order valence-corrected chi connectivity index (χ4v) is 0.462. The molecule has 0 spiro atoms. The number of nitrogens with zero attached hydrogens (tertiary/aromatic N) is 3. The summed E-state index contributed by atoms with van der Waals surface area (Å²) in [6.07, 6.45) is -0.188. The van der Waals surface area contributed by atoms with Gasteiger partial charge in [-0.25, -0.2) is 0 Å². The van der Waals surface area contributed by atoms with Crippen molar-refractivity contribution in [3.8, 4) is 6.07 Å². The molecule has 0 saturated heterocycles. The molecule has 0 heterocycles. The van der Waals surface area contributed by atoms with Crippen molar-refractivity contribution in [2.24, 2.45) is 21.5 Å². The molecule has 0 aromatic rings. The molecule has 0 aromatic carbocycles. The summed E-state index contributed by atoms with van der Waals surface area (Å²) in [5.41, 5.74) is 4.85. The molecule has 0 fully saturated rings. The van der Waals surface area contributed by atoms with Gasteiger partial charge in [-0.15, -0.1) is 0 Å². The fourth-order valence-electron chi connectivity index (χ4n) is 0.462. The molecule has 0 saturated carbocycles. The Morgan fingerprint density at radius 2 is 2.07 bits per heavy atom. The van der Waals surface area contributed by atoms with E-state index in [-0.39, 0.29) is 23.1 Å². The van der Waals surface area contributed by atoms with E-state index in [1.165, 1.54) is 0 Å². The number of oxime groups is 2. The molecule has 84 valence electrons. The van der Waals surface area contributed by atoms with E-state index in [2.05, 4.69) is 10.3 Å². The summed E-state index contributed by atoms with van der Waals surface area (Å²) in [6.45, 7) is 7.75. The summed E-state index contributed by atoms with van der Waals surface area (Å²) in [7, 11) is 0. The van der Waals surface area contributed by atoms with Crippen LogP contribution in [-0.4, -0.2) is 22.9 Å². The van der Waals surface area contributed by atoms with Crippen molar-refractivity contribution in [2.75, 3.05) is 0 Å². The Hall–Kier alpha value is -1.77. The Morgan fingerprint density at radius 1 is 1.53 bits per heavy atom. The predicted octanol–water partition coefficient (Wildman–Crippen LogP) is 1.06. The first-order valence-corrected chi connectivity index (χ1v) is 4.44. The zero-order chi connectivity index (χ0) is 12.1. The summed E-state index contributed by atoms with van der Waals surface area (Å²) in [5, 5.41) is 23.1. The highest BCUT2D eigenvalue weighted by atomic mass is 16.6. The maximum absolute atomic E-state index is 8.61. The first-order valence-electron chi connectivity index (χ1n) is 4.44. The maximum Gasteiger partial charge on any atom is 0.224 e. The van der Waals surface area contributed by atoms with Gasteiger partial charge >= 0.3 is 0 Å². The Kier molecular flexibility index (Phi) is 4.58. The van der Waals surface area contributed by atoms with Crippen molar-refractivity contribution >= 4 is 11.5 Å². The molecule has 0 radical (unpaired) electrons. The third kappa shape index (κ3) is 4.31. The molecule has 6 heteroatoms. The van der Waals surface area contributed by atoms with Crippen molar-refractivity contribution in [1.82, 2.24) is 0 Å². The molecule has 0 aliphatic carbocycles. The van der Waals surface area contributed by atoms with Gasteiger partial charge in [-0.3, -0.25) is 0 Å². The number of nitriles is 1. The lowest BCUT2D eigenvalue weighted by molar-refractivity contribution is -0.000980. The van der Waals surface area contributed by atoms with Crippen molar-refractivity contribution < 1.29 is 10.0 Å². The third-order valence-corrected chi connectivity index (χ3v) is 1.98. The van der Waals surface area contributed by atoms with Gasteiger partial charge in [-0.05, 0) is 6.92 Å². The topological polar surface area (TPSA) is 104 Å². The predicted molar refractivity (Wildman–Crippen MR) is 56.5 cm³/mol. The van der Waals surface area contributed by atoms with Crippen LogP contribution in [0.5, 0.6) is 0 Å². The molecule has 0 rings (SSSR count). The molecular weight excluding hydrogens is 196 g/mol. The fraction of sp³-hybridized carbons (Fsp3) is 0.667. The van der Waals surface area contributed by atoms with Crippen LogP contribution in [0.25, 0.3) is 0 Å². The van der Waals surface area contributed by atoms with Crippen LogP contribution in [0.2, 0.25) is 0 Å². The minimum atomic E-state index is -0.362. The Balaban J connectivity index is 4.59. The van der Waals surface area contributed by atoms with Crippen molar-refractivity contribution in [3.05, 3.63) is 0 Å². The van der Waals surface area contributed by atoms with E-state index >= 15 is 0 Å². The van der Waals surface area contributed by atoms with Gasteiger partial charge in [0.1, 0.15) is 12.2 Å². The van der Waals surface area contributed by atoms with Crippen LogP contribution < -0.4 is 5.73 Å². The highest BCUT2D eigenvalue weighted by Crippen LogP contribution is 2.21. The van der Waals surface area contributed by atoms with E-state index in [1.54, 1.807) is 6.07 Å². The smallest absolute Gasteiger partial charge is 0.224 e. The second-order valence-corrected chi connectivity index (χ2v) is 4.15. The van der Waals surface area contributed by atoms with E-state index < -0.39 is 0 Å². The molecule has 15 heavy (non-hydrogen) atoms. The summed E-state index contributed by atoms with van der Waals surface area (Å²) in [5.74, 6) is -0.362. The second-order valence-electron chi connectivity index (χ2n) is 4.15. The van der Waals surface area contributed by atoms with E-state index in [4.69, 9.17) is 21.0 Å². The van der Waals surface area contributed by atoms with Gasteiger partial charge in [0.25, 0.3) is 0 Å². The van der Waals surface area contributed by atoms with Crippen LogP contribution in [-0.2, 0) is 4.84 Å². The van der Waals surface area contributed by atoms with Crippen LogP contribution >= 0.6 is 0 Å². The van der Waals surface area contributed by atoms with Gasteiger partial charge in [0.2, 0.25) is 11.5 Å². The zero-order valence-electron chi connectivity index (χ0n) is 9.35. The van der Waals surface area contributed by atoms with Crippen molar-refractivity contribution in [1.29, 1.82) is 5.26 Å². The monoisotopic (exact) mass is 212 g/mol. The number of hydrogen-bond acceptors (Lipinski definition) is 5. The number of nitrogens with two attached hydrogens (primary N) is 1. The molecule has 0 aromatic heterocycles. The molecule has 0 aliphatic heterocycles. The van der Waals surface area contributed by atoms with Gasteiger partial charge in [-0.2, -0.15) is 5.26 Å². The van der Waals surface area contributed by atoms with Gasteiger partial charge in [0.15, 0.2) is 0 Å². The van der Waals surface area contributed by atoms with Gasteiger partial charge in [-0.1, -0.05) is 31.1 Å². The van der Waals surface area contributed by atoms with Gasteiger partial charge in [0, 0.05) is 5.41 Å². The lowest BCUT2D eigenvalue weighted by Crippen LogP contribution is -2.27. The van der Waals surface area contributed by atoms with E-state index in [0.717, 1.165) is 0 Å². The molecule has 6 nitrogen and oxygen atoms in total. The van der Waals surface area contributed by atoms with Crippen LogP contribution in [0.3, 0.4) is 0 Å². The number of rotatable bonds is 3. The van der Waals surface area contributed by atoms with E-state index in [9.17, 15) is 0 Å². The molecule has 3 N–H and O–H groups in total.